The minimum atomic E-state index is -0.488. The minimum absolute atomic E-state index is 0.337. The lowest BCUT2D eigenvalue weighted by molar-refractivity contribution is 0.785. The number of H-pyrrole nitrogens is 1. The molecule has 0 spiro atoms. The van der Waals surface area contributed by atoms with Crippen LogP contribution in [-0.4, -0.2) is 26.4 Å². The highest BCUT2D eigenvalue weighted by atomic mass is 32.1. The third-order valence-electron chi connectivity index (χ3n) is 2.11. The highest BCUT2D eigenvalue weighted by Crippen LogP contribution is 2.14. The van der Waals surface area contributed by atoms with Crippen LogP contribution >= 0.6 is 12.2 Å². The van der Waals surface area contributed by atoms with Crippen molar-refractivity contribution in [3.05, 3.63) is 33.9 Å². The number of tetrazole rings is 1. The Labute approximate surface area is 102 Å². The van der Waals surface area contributed by atoms with Gasteiger partial charge in [0, 0.05) is 5.69 Å². The van der Waals surface area contributed by atoms with E-state index >= 15 is 0 Å². The number of rotatable bonds is 4. The van der Waals surface area contributed by atoms with Gasteiger partial charge in [0.2, 0.25) is 4.77 Å². The molecule has 0 saturated heterocycles. The molecule has 2 aromatic rings. The minimum Gasteiger partial charge on any atom is -0.361 e. The molecular weight excluding hydrogens is 240 g/mol. The van der Waals surface area contributed by atoms with E-state index in [-0.39, 0.29) is 0 Å². The molecule has 0 fully saturated rings. The van der Waals surface area contributed by atoms with Gasteiger partial charge in [0.25, 0.3) is 0 Å². The Morgan fingerprint density at radius 3 is 3.06 bits per heavy atom. The van der Waals surface area contributed by atoms with Crippen molar-refractivity contribution in [2.24, 2.45) is 5.18 Å². The molecule has 2 N–H and O–H groups in total. The molecule has 1 aromatic heterocycles. The summed E-state index contributed by atoms with van der Waals surface area (Å²) in [6, 6.07) is 7.33. The molecule has 7 nitrogen and oxygen atoms in total. The lowest BCUT2D eigenvalue weighted by atomic mass is 10.2. The van der Waals surface area contributed by atoms with Gasteiger partial charge < -0.3 is 5.32 Å². The van der Waals surface area contributed by atoms with E-state index in [1.165, 1.54) is 0 Å². The maximum absolute atomic E-state index is 10.3. The van der Waals surface area contributed by atoms with E-state index < -0.39 is 6.17 Å². The van der Waals surface area contributed by atoms with Gasteiger partial charge in [0.15, 0.2) is 6.17 Å². The maximum atomic E-state index is 10.3. The fourth-order valence-corrected chi connectivity index (χ4v) is 1.55. The normalized spacial score (nSPS) is 12.1. The number of aromatic nitrogens is 4. The predicted molar refractivity (Wildman–Crippen MR) is 65.4 cm³/mol. The average molecular weight is 250 g/mol. The molecule has 88 valence electrons. The van der Waals surface area contributed by atoms with Crippen molar-refractivity contribution in [3.63, 3.8) is 0 Å². The summed E-state index contributed by atoms with van der Waals surface area (Å²) in [7, 11) is 0. The zero-order valence-electron chi connectivity index (χ0n) is 8.99. The van der Waals surface area contributed by atoms with Crippen LogP contribution in [0.25, 0.3) is 5.69 Å². The Balaban J connectivity index is 2.32. The van der Waals surface area contributed by atoms with Gasteiger partial charge >= 0.3 is 0 Å². The van der Waals surface area contributed by atoms with Crippen LogP contribution in [0.1, 0.15) is 6.92 Å². The fourth-order valence-electron chi connectivity index (χ4n) is 1.37. The molecule has 0 amide bonds. The number of hydrogen-bond acceptors (Lipinski definition) is 6. The van der Waals surface area contributed by atoms with Gasteiger partial charge in [-0.2, -0.15) is 5.21 Å². The van der Waals surface area contributed by atoms with E-state index in [0.29, 0.717) is 4.77 Å². The van der Waals surface area contributed by atoms with E-state index in [1.807, 2.05) is 24.3 Å². The standard InChI is InChI=1S/C9H10N6OS/c1-6(12-16)10-7-3-2-4-8(5-7)15-9(17)11-13-14-15/h2-6,10H,1H3,(H,11,14,17). The molecule has 1 heterocycles. The van der Waals surface area contributed by atoms with Gasteiger partial charge in [-0.1, -0.05) is 16.4 Å². The van der Waals surface area contributed by atoms with Crippen LogP contribution in [-0.2, 0) is 0 Å². The highest BCUT2D eigenvalue weighted by molar-refractivity contribution is 7.71. The van der Waals surface area contributed by atoms with Gasteiger partial charge in [-0.05, 0) is 42.5 Å². The Morgan fingerprint density at radius 1 is 1.59 bits per heavy atom. The molecule has 1 atom stereocenters. The second-order valence-electron chi connectivity index (χ2n) is 3.39. The Kier molecular flexibility index (Phi) is 3.24. The first-order chi connectivity index (χ1) is 8.20. The number of benzene rings is 1. The first kappa shape index (κ1) is 11.4. The molecule has 8 heteroatoms. The lowest BCUT2D eigenvalue weighted by Crippen LogP contribution is -2.11. The Bertz CT molecular complexity index is 577. The summed E-state index contributed by atoms with van der Waals surface area (Å²) in [5.74, 6) is 0. The first-order valence-corrected chi connectivity index (χ1v) is 5.31. The van der Waals surface area contributed by atoms with E-state index in [9.17, 15) is 4.91 Å². The SMILES string of the molecule is CC(N=O)Nc1cccc(-n2[nH]nnc2=S)c1. The molecule has 2 rings (SSSR count). The van der Waals surface area contributed by atoms with Gasteiger partial charge in [0.1, 0.15) is 0 Å². The van der Waals surface area contributed by atoms with Crippen LogP contribution in [0.5, 0.6) is 0 Å². The van der Waals surface area contributed by atoms with Crippen LogP contribution in [0.4, 0.5) is 5.69 Å². The first-order valence-electron chi connectivity index (χ1n) is 4.90. The number of aromatic amines is 1. The molecule has 1 unspecified atom stereocenters. The number of anilines is 1. The topological polar surface area (TPSA) is 88.0 Å². The van der Waals surface area contributed by atoms with E-state index in [0.717, 1.165) is 11.4 Å². The van der Waals surface area contributed by atoms with Gasteiger partial charge in [-0.3, -0.25) is 0 Å². The van der Waals surface area contributed by atoms with Crippen LogP contribution in [0, 0.1) is 9.68 Å². The molecule has 0 aliphatic heterocycles. The fraction of sp³-hybridized carbons (Fsp3) is 0.222. The molecule has 0 aliphatic rings. The molecular formula is C9H10N6OS. The number of nitrogens with zero attached hydrogens (tertiary/aromatic N) is 4. The average Bonchev–Trinajstić information content (AvgIpc) is 2.75. The van der Waals surface area contributed by atoms with Crippen LogP contribution in [0.2, 0.25) is 0 Å². The van der Waals surface area contributed by atoms with E-state index in [1.54, 1.807) is 11.6 Å². The van der Waals surface area contributed by atoms with E-state index in [4.69, 9.17) is 12.2 Å². The lowest BCUT2D eigenvalue weighted by Gasteiger charge is -2.09. The summed E-state index contributed by atoms with van der Waals surface area (Å²) in [6.07, 6.45) is -0.488. The van der Waals surface area contributed by atoms with Gasteiger partial charge in [-0.25, -0.2) is 4.68 Å². The summed E-state index contributed by atoms with van der Waals surface area (Å²) >= 11 is 4.99. The molecule has 17 heavy (non-hydrogen) atoms. The Hall–Kier alpha value is -2.09. The third kappa shape index (κ3) is 2.53. The predicted octanol–water partition coefficient (Wildman–Crippen LogP) is 1.85. The highest BCUT2D eigenvalue weighted by Gasteiger charge is 2.03. The van der Waals surface area contributed by atoms with E-state index in [2.05, 4.69) is 26.0 Å². The molecule has 0 radical (unpaired) electrons. The van der Waals surface area contributed by atoms with Crippen molar-refractivity contribution in [1.29, 1.82) is 0 Å². The Morgan fingerprint density at radius 2 is 2.41 bits per heavy atom. The zero-order chi connectivity index (χ0) is 12.3. The van der Waals surface area contributed by atoms with Crippen molar-refractivity contribution >= 4 is 17.9 Å². The number of hydrogen-bond donors (Lipinski definition) is 2. The largest absolute Gasteiger partial charge is 0.361 e. The number of nitrogens with one attached hydrogen (secondary N) is 2. The summed E-state index contributed by atoms with van der Waals surface area (Å²) in [5, 5.41) is 15.7. The van der Waals surface area contributed by atoms with Gasteiger partial charge in [-0.15, -0.1) is 4.91 Å². The van der Waals surface area contributed by atoms with Crippen molar-refractivity contribution < 1.29 is 0 Å². The van der Waals surface area contributed by atoms with Crippen molar-refractivity contribution in [3.8, 4) is 5.69 Å². The summed E-state index contributed by atoms with van der Waals surface area (Å²) in [4.78, 5) is 10.3. The summed E-state index contributed by atoms with van der Waals surface area (Å²) < 4.78 is 1.89. The molecule has 0 aliphatic carbocycles. The summed E-state index contributed by atoms with van der Waals surface area (Å²) in [5.41, 5.74) is 1.55. The second kappa shape index (κ2) is 4.83. The van der Waals surface area contributed by atoms with Gasteiger partial charge in [0.05, 0.1) is 5.69 Å². The van der Waals surface area contributed by atoms with Crippen molar-refractivity contribution in [2.75, 3.05) is 5.32 Å². The van der Waals surface area contributed by atoms with Crippen molar-refractivity contribution in [1.82, 2.24) is 20.2 Å². The zero-order valence-corrected chi connectivity index (χ0v) is 9.81. The molecule has 0 saturated carbocycles. The van der Waals surface area contributed by atoms with Crippen molar-refractivity contribution in [2.45, 2.75) is 13.1 Å². The van der Waals surface area contributed by atoms with Crippen LogP contribution in [0.15, 0.2) is 29.4 Å². The number of nitroso groups, excluding NO2 is 1. The third-order valence-corrected chi connectivity index (χ3v) is 2.37. The second-order valence-corrected chi connectivity index (χ2v) is 3.76. The summed E-state index contributed by atoms with van der Waals surface area (Å²) in [6.45, 7) is 1.67. The monoisotopic (exact) mass is 250 g/mol. The van der Waals surface area contributed by atoms with Crippen LogP contribution < -0.4 is 5.32 Å². The molecule has 1 aromatic carbocycles. The molecule has 0 bridgehead atoms. The maximum Gasteiger partial charge on any atom is 0.242 e. The smallest absolute Gasteiger partial charge is 0.242 e. The van der Waals surface area contributed by atoms with Crippen LogP contribution in [0.3, 0.4) is 0 Å². The quantitative estimate of drug-likeness (QED) is 0.638.